The topological polar surface area (TPSA) is 88.8 Å². The summed E-state index contributed by atoms with van der Waals surface area (Å²) in [6, 6.07) is 11.4. The monoisotopic (exact) mass is 394 g/mol. The molecule has 0 saturated carbocycles. The molecule has 1 aromatic heterocycles. The summed E-state index contributed by atoms with van der Waals surface area (Å²) in [6.45, 7) is 6.35. The molecule has 7 heteroatoms. The van der Waals surface area contributed by atoms with Crippen molar-refractivity contribution >= 4 is 23.8 Å². The fraction of sp³-hybridized carbons (Fsp3) is 0.318. The lowest BCUT2D eigenvalue weighted by atomic mass is 10.0. The van der Waals surface area contributed by atoms with Crippen molar-refractivity contribution < 1.29 is 14.3 Å². The predicted molar refractivity (Wildman–Crippen MR) is 112 cm³/mol. The van der Waals surface area contributed by atoms with Crippen LogP contribution in [0.25, 0.3) is 6.08 Å². The number of carbonyl (C=O) groups is 2. The summed E-state index contributed by atoms with van der Waals surface area (Å²) in [4.78, 5) is 32.3. The van der Waals surface area contributed by atoms with Gasteiger partial charge in [-0.15, -0.1) is 0 Å². The quantitative estimate of drug-likeness (QED) is 0.571. The fourth-order valence-electron chi connectivity index (χ4n) is 3.34. The Bertz CT molecular complexity index is 875. The highest BCUT2D eigenvalue weighted by molar-refractivity contribution is 5.94. The third kappa shape index (κ3) is 5.89. The number of esters is 1. The van der Waals surface area contributed by atoms with Gasteiger partial charge in [-0.2, -0.15) is 0 Å². The maximum Gasteiger partial charge on any atom is 0.330 e. The van der Waals surface area contributed by atoms with Gasteiger partial charge in [-0.25, -0.2) is 9.78 Å². The lowest BCUT2D eigenvalue weighted by Gasteiger charge is -2.35. The molecule has 29 heavy (non-hydrogen) atoms. The molecule has 152 valence electrons. The lowest BCUT2D eigenvalue weighted by molar-refractivity contribution is -0.137. The molecule has 2 N–H and O–H groups in total. The first kappa shape index (κ1) is 20.5. The third-order valence-corrected chi connectivity index (χ3v) is 4.75. The van der Waals surface area contributed by atoms with E-state index in [0.717, 1.165) is 43.1 Å². The number of hydrogen-bond acceptors (Lipinski definition) is 6. The van der Waals surface area contributed by atoms with Crippen molar-refractivity contribution in [3.05, 3.63) is 65.4 Å². The van der Waals surface area contributed by atoms with E-state index >= 15 is 0 Å². The van der Waals surface area contributed by atoms with Gasteiger partial charge in [0, 0.05) is 50.6 Å². The molecular formula is C22H26N4O3. The second kappa shape index (κ2) is 9.84. The van der Waals surface area contributed by atoms with E-state index in [-0.39, 0.29) is 0 Å². The number of nitrogens with zero attached hydrogens (tertiary/aromatic N) is 3. The van der Waals surface area contributed by atoms with Gasteiger partial charge in [-0.3, -0.25) is 9.69 Å². The molecular weight excluding hydrogens is 368 g/mol. The summed E-state index contributed by atoms with van der Waals surface area (Å²) in [5.74, 6) is 0.0936. The molecule has 0 spiro atoms. The molecule has 1 aromatic carbocycles. The number of anilines is 1. The van der Waals surface area contributed by atoms with Gasteiger partial charge in [0.1, 0.15) is 5.82 Å². The van der Waals surface area contributed by atoms with Gasteiger partial charge in [0.05, 0.1) is 6.61 Å². The van der Waals surface area contributed by atoms with Crippen LogP contribution in [0.5, 0.6) is 0 Å². The van der Waals surface area contributed by atoms with Crippen molar-refractivity contribution in [2.45, 2.75) is 13.5 Å². The number of rotatable bonds is 7. The van der Waals surface area contributed by atoms with E-state index in [1.807, 2.05) is 36.5 Å². The highest BCUT2D eigenvalue weighted by Crippen LogP contribution is 2.17. The smallest absolute Gasteiger partial charge is 0.330 e. The molecule has 2 heterocycles. The van der Waals surface area contributed by atoms with Crippen molar-refractivity contribution in [1.82, 2.24) is 9.88 Å². The maximum absolute atomic E-state index is 11.7. The van der Waals surface area contributed by atoms with Crippen molar-refractivity contribution in [3.63, 3.8) is 0 Å². The van der Waals surface area contributed by atoms with Gasteiger partial charge in [0.25, 0.3) is 0 Å². The van der Waals surface area contributed by atoms with Crippen molar-refractivity contribution in [1.29, 1.82) is 0 Å². The molecule has 1 aliphatic heterocycles. The first-order valence-electron chi connectivity index (χ1n) is 9.72. The number of hydrogen-bond donors (Lipinski definition) is 1. The molecule has 1 saturated heterocycles. The minimum Gasteiger partial charge on any atom is -0.463 e. The number of ether oxygens (including phenoxy) is 1. The van der Waals surface area contributed by atoms with E-state index in [9.17, 15) is 9.59 Å². The Morgan fingerprint density at radius 3 is 2.62 bits per heavy atom. The van der Waals surface area contributed by atoms with Crippen LogP contribution in [-0.2, 0) is 16.1 Å². The van der Waals surface area contributed by atoms with Crippen LogP contribution >= 0.6 is 0 Å². The lowest BCUT2D eigenvalue weighted by Crippen LogP contribution is -2.46. The Kier molecular flexibility index (Phi) is 6.97. The van der Waals surface area contributed by atoms with E-state index in [0.29, 0.717) is 18.7 Å². The van der Waals surface area contributed by atoms with E-state index in [2.05, 4.69) is 14.8 Å². The number of piperazine rings is 1. The van der Waals surface area contributed by atoms with E-state index < -0.39 is 11.9 Å². The van der Waals surface area contributed by atoms with Gasteiger partial charge < -0.3 is 15.4 Å². The Morgan fingerprint density at radius 1 is 1.17 bits per heavy atom. The molecule has 0 unspecified atom stereocenters. The first-order chi connectivity index (χ1) is 14.0. The Labute approximate surface area is 170 Å². The van der Waals surface area contributed by atoms with Gasteiger partial charge >= 0.3 is 5.97 Å². The van der Waals surface area contributed by atoms with Crippen LogP contribution in [0, 0.1) is 0 Å². The van der Waals surface area contributed by atoms with Crippen molar-refractivity contribution in [3.8, 4) is 0 Å². The molecule has 1 amide bonds. The SMILES string of the molecule is CCOC(=O)/C=C/c1cc(CN2CCN(c3ccccn3)CC2)cc(C(N)=O)c1. The Morgan fingerprint density at radius 2 is 1.97 bits per heavy atom. The van der Waals surface area contributed by atoms with Gasteiger partial charge in [-0.1, -0.05) is 12.1 Å². The number of nitrogens with two attached hydrogens (primary N) is 1. The zero-order valence-electron chi connectivity index (χ0n) is 16.6. The van der Waals surface area contributed by atoms with Crippen LogP contribution in [0.2, 0.25) is 0 Å². The van der Waals surface area contributed by atoms with Crippen LogP contribution in [0.1, 0.15) is 28.4 Å². The largest absolute Gasteiger partial charge is 0.463 e. The highest BCUT2D eigenvalue weighted by Gasteiger charge is 2.18. The van der Waals surface area contributed by atoms with E-state index in [1.54, 1.807) is 19.1 Å². The van der Waals surface area contributed by atoms with Gasteiger partial charge in [0.15, 0.2) is 0 Å². The molecule has 3 rings (SSSR count). The summed E-state index contributed by atoms with van der Waals surface area (Å²) < 4.78 is 4.90. The molecule has 2 aromatic rings. The van der Waals surface area contributed by atoms with Crippen molar-refractivity contribution in [2.24, 2.45) is 5.73 Å². The normalized spacial score (nSPS) is 14.9. The van der Waals surface area contributed by atoms with Crippen molar-refractivity contribution in [2.75, 3.05) is 37.7 Å². The average Bonchev–Trinajstić information content (AvgIpc) is 2.73. The number of carbonyl (C=O) groups excluding carboxylic acids is 2. The summed E-state index contributed by atoms with van der Waals surface area (Å²) in [6.07, 6.45) is 4.81. The summed E-state index contributed by atoms with van der Waals surface area (Å²) >= 11 is 0. The number of benzene rings is 1. The molecule has 0 bridgehead atoms. The summed E-state index contributed by atoms with van der Waals surface area (Å²) in [7, 11) is 0. The highest BCUT2D eigenvalue weighted by atomic mass is 16.5. The van der Waals surface area contributed by atoms with Gasteiger partial charge in [-0.05, 0) is 48.4 Å². The molecule has 0 aliphatic carbocycles. The second-order valence-corrected chi connectivity index (χ2v) is 6.86. The number of amides is 1. The Balaban J connectivity index is 1.67. The van der Waals surface area contributed by atoms with Crippen LogP contribution in [-0.4, -0.2) is 54.5 Å². The molecule has 1 aliphatic rings. The number of pyridine rings is 1. The van der Waals surface area contributed by atoms with Crippen LogP contribution in [0.15, 0.2) is 48.7 Å². The average molecular weight is 394 g/mol. The number of primary amides is 1. The maximum atomic E-state index is 11.7. The molecule has 1 fully saturated rings. The van der Waals surface area contributed by atoms with E-state index in [4.69, 9.17) is 10.5 Å². The molecule has 7 nitrogen and oxygen atoms in total. The molecule has 0 radical (unpaired) electrons. The second-order valence-electron chi connectivity index (χ2n) is 6.86. The van der Waals surface area contributed by atoms with Crippen LogP contribution in [0.3, 0.4) is 0 Å². The van der Waals surface area contributed by atoms with Gasteiger partial charge in [0.2, 0.25) is 5.91 Å². The number of aromatic nitrogens is 1. The third-order valence-electron chi connectivity index (χ3n) is 4.75. The van der Waals surface area contributed by atoms with Crippen LogP contribution < -0.4 is 10.6 Å². The molecule has 0 atom stereocenters. The minimum absolute atomic E-state index is 0.320. The Hall–Kier alpha value is -3.19. The summed E-state index contributed by atoms with van der Waals surface area (Å²) in [5.41, 5.74) is 7.65. The zero-order chi connectivity index (χ0) is 20.6. The van der Waals surface area contributed by atoms with E-state index in [1.165, 1.54) is 6.08 Å². The standard InChI is InChI=1S/C22H26N4O3/c1-2-29-21(27)7-6-17-13-18(15-19(14-17)22(23)28)16-25-9-11-26(12-10-25)20-5-3-4-8-24-20/h3-8,13-15H,2,9-12,16H2,1H3,(H2,23,28)/b7-6+. The van der Waals surface area contributed by atoms with Crippen LogP contribution in [0.4, 0.5) is 5.82 Å². The summed E-state index contributed by atoms with van der Waals surface area (Å²) in [5, 5.41) is 0. The fourth-order valence-corrected chi connectivity index (χ4v) is 3.34. The predicted octanol–water partition coefficient (Wildman–Crippen LogP) is 2.08. The minimum atomic E-state index is -0.488. The first-order valence-corrected chi connectivity index (χ1v) is 9.72. The zero-order valence-corrected chi connectivity index (χ0v) is 16.6.